The number of aryl methyl sites for hydroxylation is 1. The molecule has 0 saturated carbocycles. The summed E-state index contributed by atoms with van der Waals surface area (Å²) in [7, 11) is 0. The second kappa shape index (κ2) is 2.70. The van der Waals surface area contributed by atoms with Crippen LogP contribution < -0.4 is 10.5 Å². The average Bonchev–Trinajstić information content (AvgIpc) is 2.15. The molecule has 3 nitrogen and oxygen atoms in total. The molecule has 0 aliphatic rings. The van der Waals surface area contributed by atoms with E-state index in [0.717, 1.165) is 5.56 Å². The van der Waals surface area contributed by atoms with E-state index in [1.54, 1.807) is 5.38 Å². The highest BCUT2D eigenvalue weighted by Gasteiger charge is 2.01. The number of hydrogen-bond acceptors (Lipinski definition) is 3. The summed E-state index contributed by atoms with van der Waals surface area (Å²) in [5.74, 6) is 0.553. The molecule has 0 atom stereocenters. The SMILES string of the molecule is Cc1cscc1OC(N)=O. The molecule has 0 aromatic carbocycles. The zero-order valence-corrected chi connectivity index (χ0v) is 6.27. The topological polar surface area (TPSA) is 52.3 Å². The Balaban J connectivity index is 2.74. The molecule has 1 amide bonds. The summed E-state index contributed by atoms with van der Waals surface area (Å²) in [4.78, 5) is 10.2. The number of hydrogen-bond donors (Lipinski definition) is 1. The summed E-state index contributed by atoms with van der Waals surface area (Å²) < 4.78 is 4.63. The maximum atomic E-state index is 10.2. The minimum atomic E-state index is -0.762. The van der Waals surface area contributed by atoms with Gasteiger partial charge in [-0.2, -0.15) is 0 Å². The summed E-state index contributed by atoms with van der Waals surface area (Å²) >= 11 is 1.48. The van der Waals surface area contributed by atoms with Crippen LogP contribution in [0.4, 0.5) is 4.79 Å². The lowest BCUT2D eigenvalue weighted by atomic mass is 10.4. The van der Waals surface area contributed by atoms with Crippen molar-refractivity contribution in [1.29, 1.82) is 0 Å². The smallest absolute Gasteiger partial charge is 0.409 e. The number of thiophene rings is 1. The van der Waals surface area contributed by atoms with Crippen molar-refractivity contribution in [2.24, 2.45) is 5.73 Å². The lowest BCUT2D eigenvalue weighted by Crippen LogP contribution is -2.16. The molecule has 0 spiro atoms. The molecule has 0 aliphatic carbocycles. The Morgan fingerprint density at radius 2 is 2.40 bits per heavy atom. The van der Waals surface area contributed by atoms with Gasteiger partial charge >= 0.3 is 6.09 Å². The molecule has 1 aromatic heterocycles. The molecule has 2 N–H and O–H groups in total. The van der Waals surface area contributed by atoms with Crippen molar-refractivity contribution in [1.82, 2.24) is 0 Å². The molecule has 0 aliphatic heterocycles. The lowest BCUT2D eigenvalue weighted by Gasteiger charge is -1.96. The van der Waals surface area contributed by atoms with Crippen LogP contribution in [0, 0.1) is 6.92 Å². The van der Waals surface area contributed by atoms with E-state index in [0.29, 0.717) is 5.75 Å². The summed E-state index contributed by atoms with van der Waals surface area (Å²) in [6.07, 6.45) is -0.762. The predicted molar refractivity (Wildman–Crippen MR) is 39.3 cm³/mol. The van der Waals surface area contributed by atoms with Gasteiger partial charge in [-0.25, -0.2) is 4.79 Å². The first kappa shape index (κ1) is 7.08. The minimum Gasteiger partial charge on any atom is -0.409 e. The van der Waals surface area contributed by atoms with E-state index in [4.69, 9.17) is 5.73 Å². The quantitative estimate of drug-likeness (QED) is 0.671. The molecule has 0 radical (unpaired) electrons. The van der Waals surface area contributed by atoms with Crippen LogP contribution in [0.3, 0.4) is 0 Å². The maximum Gasteiger partial charge on any atom is 0.410 e. The first-order valence-electron chi connectivity index (χ1n) is 2.70. The van der Waals surface area contributed by atoms with E-state index in [9.17, 15) is 4.79 Å². The zero-order chi connectivity index (χ0) is 7.56. The van der Waals surface area contributed by atoms with Gasteiger partial charge in [-0.15, -0.1) is 11.3 Å². The number of ether oxygens (including phenoxy) is 1. The fourth-order valence-corrected chi connectivity index (χ4v) is 1.31. The van der Waals surface area contributed by atoms with Gasteiger partial charge in [-0.1, -0.05) is 0 Å². The summed E-state index contributed by atoms with van der Waals surface area (Å²) in [6.45, 7) is 1.86. The van der Waals surface area contributed by atoms with Gasteiger partial charge in [0.25, 0.3) is 0 Å². The number of primary amides is 1. The van der Waals surface area contributed by atoms with E-state index < -0.39 is 6.09 Å². The van der Waals surface area contributed by atoms with Crippen molar-refractivity contribution in [2.75, 3.05) is 0 Å². The molecule has 0 bridgehead atoms. The van der Waals surface area contributed by atoms with Crippen molar-refractivity contribution in [3.63, 3.8) is 0 Å². The average molecular weight is 157 g/mol. The highest BCUT2D eigenvalue weighted by molar-refractivity contribution is 7.08. The van der Waals surface area contributed by atoms with Crippen molar-refractivity contribution in [3.05, 3.63) is 16.3 Å². The second-order valence-electron chi connectivity index (χ2n) is 1.84. The van der Waals surface area contributed by atoms with Crippen LogP contribution in [0.25, 0.3) is 0 Å². The Labute approximate surface area is 62.4 Å². The lowest BCUT2D eigenvalue weighted by molar-refractivity contribution is 0.211. The van der Waals surface area contributed by atoms with Crippen molar-refractivity contribution in [3.8, 4) is 5.75 Å². The molecule has 1 aromatic rings. The van der Waals surface area contributed by atoms with Crippen LogP contribution in [0.1, 0.15) is 5.56 Å². The van der Waals surface area contributed by atoms with Crippen LogP contribution >= 0.6 is 11.3 Å². The van der Waals surface area contributed by atoms with E-state index in [1.807, 2.05) is 12.3 Å². The van der Waals surface area contributed by atoms with E-state index >= 15 is 0 Å². The molecule has 1 heterocycles. The number of carbonyl (C=O) groups excluding carboxylic acids is 1. The predicted octanol–water partition coefficient (Wildman–Crippen LogP) is 1.51. The van der Waals surface area contributed by atoms with Crippen LogP contribution in [0.2, 0.25) is 0 Å². The molecule has 0 saturated heterocycles. The van der Waals surface area contributed by atoms with E-state index in [1.165, 1.54) is 11.3 Å². The van der Waals surface area contributed by atoms with Crippen LogP contribution in [0.5, 0.6) is 5.75 Å². The van der Waals surface area contributed by atoms with Gasteiger partial charge in [-0.05, 0) is 12.3 Å². The maximum absolute atomic E-state index is 10.2. The first-order chi connectivity index (χ1) is 4.70. The molecule has 0 fully saturated rings. The fourth-order valence-electron chi connectivity index (χ4n) is 0.562. The second-order valence-corrected chi connectivity index (χ2v) is 2.58. The Kier molecular flexibility index (Phi) is 1.91. The standard InChI is InChI=1S/C6H7NO2S/c1-4-2-10-3-5(4)9-6(7)8/h2-3H,1H3,(H2,7,8). The number of rotatable bonds is 1. The minimum absolute atomic E-state index is 0.553. The third kappa shape index (κ3) is 1.48. The Morgan fingerprint density at radius 3 is 2.80 bits per heavy atom. The van der Waals surface area contributed by atoms with Gasteiger partial charge < -0.3 is 10.5 Å². The highest BCUT2D eigenvalue weighted by Crippen LogP contribution is 2.21. The first-order valence-corrected chi connectivity index (χ1v) is 3.64. The van der Waals surface area contributed by atoms with Crippen LogP contribution in [-0.4, -0.2) is 6.09 Å². The van der Waals surface area contributed by atoms with Gasteiger partial charge in [-0.3, -0.25) is 0 Å². The third-order valence-electron chi connectivity index (χ3n) is 1.02. The zero-order valence-electron chi connectivity index (χ0n) is 5.46. The number of amides is 1. The van der Waals surface area contributed by atoms with Gasteiger partial charge in [0.1, 0.15) is 5.75 Å². The molecule has 10 heavy (non-hydrogen) atoms. The normalized spacial score (nSPS) is 9.30. The molecule has 4 heteroatoms. The van der Waals surface area contributed by atoms with Crippen molar-refractivity contribution < 1.29 is 9.53 Å². The van der Waals surface area contributed by atoms with E-state index in [2.05, 4.69) is 4.74 Å². The molecule has 1 rings (SSSR count). The summed E-state index contributed by atoms with van der Waals surface area (Å²) in [6, 6.07) is 0. The third-order valence-corrected chi connectivity index (χ3v) is 1.86. The largest absolute Gasteiger partial charge is 0.410 e. The Morgan fingerprint density at radius 1 is 1.70 bits per heavy atom. The Hall–Kier alpha value is -1.03. The molecule has 54 valence electrons. The summed E-state index contributed by atoms with van der Waals surface area (Å²) in [5, 5.41) is 3.62. The Bertz CT molecular complexity index is 244. The van der Waals surface area contributed by atoms with E-state index in [-0.39, 0.29) is 0 Å². The number of nitrogens with two attached hydrogens (primary N) is 1. The van der Waals surface area contributed by atoms with Crippen LogP contribution in [-0.2, 0) is 0 Å². The molecular weight excluding hydrogens is 150 g/mol. The van der Waals surface area contributed by atoms with Crippen LogP contribution in [0.15, 0.2) is 10.8 Å². The van der Waals surface area contributed by atoms with Crippen molar-refractivity contribution >= 4 is 17.4 Å². The van der Waals surface area contributed by atoms with Gasteiger partial charge in [0.15, 0.2) is 0 Å². The fraction of sp³-hybridized carbons (Fsp3) is 0.167. The monoisotopic (exact) mass is 157 g/mol. The summed E-state index contributed by atoms with van der Waals surface area (Å²) in [5.41, 5.74) is 5.73. The van der Waals surface area contributed by atoms with Gasteiger partial charge in [0, 0.05) is 10.9 Å². The number of carbonyl (C=O) groups is 1. The molecule has 0 unspecified atom stereocenters. The van der Waals surface area contributed by atoms with Gasteiger partial charge in [0.05, 0.1) is 0 Å². The highest BCUT2D eigenvalue weighted by atomic mass is 32.1. The van der Waals surface area contributed by atoms with Gasteiger partial charge in [0.2, 0.25) is 0 Å². The van der Waals surface area contributed by atoms with Crippen molar-refractivity contribution in [2.45, 2.75) is 6.92 Å². The molecular formula is C6H7NO2S.